The van der Waals surface area contributed by atoms with Gasteiger partial charge in [-0.15, -0.1) is 0 Å². The van der Waals surface area contributed by atoms with E-state index in [4.69, 9.17) is 0 Å². The summed E-state index contributed by atoms with van der Waals surface area (Å²) in [5, 5.41) is 11.4. The van der Waals surface area contributed by atoms with E-state index in [1.807, 2.05) is 46.3 Å². The van der Waals surface area contributed by atoms with Crippen LogP contribution in [0.25, 0.3) is 11.4 Å². The van der Waals surface area contributed by atoms with Crippen LogP contribution in [-0.4, -0.2) is 31.6 Å². The van der Waals surface area contributed by atoms with Gasteiger partial charge in [-0.2, -0.15) is 16.4 Å². The van der Waals surface area contributed by atoms with Crippen molar-refractivity contribution in [1.29, 1.82) is 0 Å². The van der Waals surface area contributed by atoms with Gasteiger partial charge in [-0.25, -0.2) is 0 Å². The third-order valence-electron chi connectivity index (χ3n) is 4.33. The predicted molar refractivity (Wildman–Crippen MR) is 96.9 cm³/mol. The van der Waals surface area contributed by atoms with Crippen molar-refractivity contribution in [1.82, 2.24) is 19.7 Å². The number of amides is 1. The number of nitrogens with zero attached hydrogens (tertiary/aromatic N) is 3. The molecule has 24 heavy (non-hydrogen) atoms. The Morgan fingerprint density at radius 1 is 1.46 bits per heavy atom. The van der Waals surface area contributed by atoms with Gasteiger partial charge in [-0.3, -0.25) is 9.89 Å². The predicted octanol–water partition coefficient (Wildman–Crippen LogP) is 3.92. The van der Waals surface area contributed by atoms with E-state index < -0.39 is 0 Å². The molecule has 0 unspecified atom stereocenters. The van der Waals surface area contributed by atoms with Crippen molar-refractivity contribution >= 4 is 17.2 Å². The number of thiophene rings is 1. The van der Waals surface area contributed by atoms with Gasteiger partial charge in [0.25, 0.3) is 5.91 Å². The highest BCUT2D eigenvalue weighted by molar-refractivity contribution is 7.07. The van der Waals surface area contributed by atoms with Gasteiger partial charge in [0.05, 0.1) is 5.69 Å². The summed E-state index contributed by atoms with van der Waals surface area (Å²) in [5.74, 6) is -0.0106. The number of aromatic nitrogens is 3. The number of aromatic amines is 1. The number of hydrogen-bond acceptors (Lipinski definition) is 3. The molecular formula is C18H22N4OS. The zero-order valence-electron chi connectivity index (χ0n) is 14.2. The lowest BCUT2D eigenvalue weighted by Crippen LogP contribution is -2.37. The Morgan fingerprint density at radius 3 is 2.92 bits per heavy atom. The summed E-state index contributed by atoms with van der Waals surface area (Å²) >= 11 is 1.65. The first-order valence-electron chi connectivity index (χ1n) is 8.09. The van der Waals surface area contributed by atoms with Gasteiger partial charge in [0, 0.05) is 25.8 Å². The molecule has 0 bridgehead atoms. The SMILES string of the molecule is CC[C@H](C)N(Cc1ccsc1)C(=O)c1cc(-c2cccn2C)n[nH]1. The van der Waals surface area contributed by atoms with Crippen molar-refractivity contribution in [3.05, 3.63) is 52.5 Å². The molecule has 1 atom stereocenters. The van der Waals surface area contributed by atoms with E-state index in [9.17, 15) is 4.79 Å². The summed E-state index contributed by atoms with van der Waals surface area (Å²) < 4.78 is 1.99. The van der Waals surface area contributed by atoms with Gasteiger partial charge in [0.15, 0.2) is 0 Å². The summed E-state index contributed by atoms with van der Waals surface area (Å²) in [7, 11) is 1.97. The Bertz CT molecular complexity index is 803. The first-order valence-corrected chi connectivity index (χ1v) is 9.03. The standard InChI is InChI=1S/C18H22N4OS/c1-4-13(2)22(11-14-7-9-24-12-14)18(23)16-10-15(19-20-16)17-6-5-8-21(17)3/h5-10,12-13H,4,11H2,1-3H3,(H,19,20)/t13-/m0/s1. The highest BCUT2D eigenvalue weighted by Gasteiger charge is 2.23. The minimum Gasteiger partial charge on any atom is -0.349 e. The van der Waals surface area contributed by atoms with Crippen molar-refractivity contribution in [3.63, 3.8) is 0 Å². The van der Waals surface area contributed by atoms with Crippen LogP contribution in [-0.2, 0) is 13.6 Å². The van der Waals surface area contributed by atoms with Crippen molar-refractivity contribution in [2.24, 2.45) is 7.05 Å². The number of hydrogen-bond donors (Lipinski definition) is 1. The van der Waals surface area contributed by atoms with Crippen LogP contribution in [0.2, 0.25) is 0 Å². The summed E-state index contributed by atoms with van der Waals surface area (Å²) in [6.45, 7) is 4.80. The maximum Gasteiger partial charge on any atom is 0.272 e. The molecule has 1 N–H and O–H groups in total. The van der Waals surface area contributed by atoms with Gasteiger partial charge < -0.3 is 9.47 Å². The van der Waals surface area contributed by atoms with E-state index in [0.29, 0.717) is 12.2 Å². The molecule has 0 radical (unpaired) electrons. The van der Waals surface area contributed by atoms with Gasteiger partial charge in [0.1, 0.15) is 11.4 Å². The molecular weight excluding hydrogens is 320 g/mol. The van der Waals surface area contributed by atoms with Crippen LogP contribution < -0.4 is 0 Å². The van der Waals surface area contributed by atoms with Gasteiger partial charge in [0.2, 0.25) is 0 Å². The van der Waals surface area contributed by atoms with E-state index in [0.717, 1.165) is 23.4 Å². The molecule has 3 rings (SSSR count). The number of carbonyl (C=O) groups is 1. The molecule has 0 fully saturated rings. The van der Waals surface area contributed by atoms with Crippen LogP contribution in [0.4, 0.5) is 0 Å². The smallest absolute Gasteiger partial charge is 0.272 e. The number of nitrogens with one attached hydrogen (secondary N) is 1. The Morgan fingerprint density at radius 2 is 2.29 bits per heavy atom. The molecule has 0 aliphatic rings. The Hall–Kier alpha value is -2.34. The van der Waals surface area contributed by atoms with Crippen LogP contribution in [0.5, 0.6) is 0 Å². The second-order valence-electron chi connectivity index (χ2n) is 5.99. The fourth-order valence-corrected chi connectivity index (χ4v) is 3.33. The van der Waals surface area contributed by atoms with Gasteiger partial charge >= 0.3 is 0 Å². The van der Waals surface area contributed by atoms with E-state index in [-0.39, 0.29) is 11.9 Å². The average molecular weight is 342 g/mol. The van der Waals surface area contributed by atoms with Crippen LogP contribution in [0.1, 0.15) is 36.3 Å². The minimum atomic E-state index is -0.0106. The van der Waals surface area contributed by atoms with Crippen molar-refractivity contribution < 1.29 is 4.79 Å². The molecule has 0 saturated heterocycles. The van der Waals surface area contributed by atoms with E-state index in [1.165, 1.54) is 0 Å². The zero-order chi connectivity index (χ0) is 17.1. The number of H-pyrrole nitrogens is 1. The van der Waals surface area contributed by atoms with Gasteiger partial charge in [-0.1, -0.05) is 6.92 Å². The molecule has 6 heteroatoms. The molecule has 3 aromatic heterocycles. The van der Waals surface area contributed by atoms with Crippen LogP contribution in [0, 0.1) is 0 Å². The first kappa shape index (κ1) is 16.5. The maximum atomic E-state index is 13.0. The fourth-order valence-electron chi connectivity index (χ4n) is 2.67. The first-order chi connectivity index (χ1) is 11.6. The molecule has 3 aromatic rings. The summed E-state index contributed by atoms with van der Waals surface area (Å²) in [5.41, 5.74) is 3.46. The largest absolute Gasteiger partial charge is 0.349 e. The van der Waals surface area contributed by atoms with Crippen molar-refractivity contribution in [2.75, 3.05) is 0 Å². The molecule has 1 amide bonds. The van der Waals surface area contributed by atoms with Crippen molar-refractivity contribution in [3.8, 4) is 11.4 Å². The summed E-state index contributed by atoms with van der Waals surface area (Å²) in [6.07, 6.45) is 2.88. The fraction of sp³-hybridized carbons (Fsp3) is 0.333. The van der Waals surface area contributed by atoms with Gasteiger partial charge in [-0.05, 0) is 53.9 Å². The third-order valence-corrected chi connectivity index (χ3v) is 5.06. The summed E-state index contributed by atoms with van der Waals surface area (Å²) in [6, 6.07) is 8.02. The monoisotopic (exact) mass is 342 g/mol. The topological polar surface area (TPSA) is 53.9 Å². The van der Waals surface area contributed by atoms with Crippen molar-refractivity contribution in [2.45, 2.75) is 32.9 Å². The molecule has 5 nitrogen and oxygen atoms in total. The third kappa shape index (κ3) is 3.28. The normalized spacial score (nSPS) is 12.3. The zero-order valence-corrected chi connectivity index (χ0v) is 15.0. The van der Waals surface area contributed by atoms with E-state index in [1.54, 1.807) is 11.3 Å². The summed E-state index contributed by atoms with van der Waals surface area (Å²) in [4.78, 5) is 14.9. The molecule has 0 aliphatic carbocycles. The van der Waals surface area contributed by atoms with Crippen LogP contribution in [0.3, 0.4) is 0 Å². The molecule has 3 heterocycles. The Kier molecular flexibility index (Phi) is 4.85. The molecule has 0 saturated carbocycles. The highest BCUT2D eigenvalue weighted by atomic mass is 32.1. The average Bonchev–Trinajstić information content (AvgIpc) is 3.32. The van der Waals surface area contributed by atoms with E-state index >= 15 is 0 Å². The lowest BCUT2D eigenvalue weighted by atomic mass is 10.1. The molecule has 0 aromatic carbocycles. The number of carbonyl (C=O) groups excluding carboxylic acids is 1. The lowest BCUT2D eigenvalue weighted by molar-refractivity contribution is 0.0665. The number of aryl methyl sites for hydroxylation is 1. The Labute approximate surface area is 145 Å². The second-order valence-corrected chi connectivity index (χ2v) is 6.77. The van der Waals surface area contributed by atoms with Crippen LogP contribution >= 0.6 is 11.3 Å². The maximum absolute atomic E-state index is 13.0. The minimum absolute atomic E-state index is 0.0106. The quantitative estimate of drug-likeness (QED) is 0.738. The van der Waals surface area contributed by atoms with Crippen LogP contribution in [0.15, 0.2) is 41.2 Å². The molecule has 0 spiro atoms. The van der Waals surface area contributed by atoms with E-state index in [2.05, 4.69) is 35.5 Å². The molecule has 126 valence electrons. The highest BCUT2D eigenvalue weighted by Crippen LogP contribution is 2.20. The number of rotatable bonds is 6. The second kappa shape index (κ2) is 7.05. The Balaban J connectivity index is 1.85. The molecule has 0 aliphatic heterocycles. The lowest BCUT2D eigenvalue weighted by Gasteiger charge is -2.27.